The van der Waals surface area contributed by atoms with Gasteiger partial charge in [0.1, 0.15) is 0 Å². The molecule has 1 aromatic heterocycles. The maximum Gasteiger partial charge on any atom is 0.276 e. The summed E-state index contributed by atoms with van der Waals surface area (Å²) >= 11 is 0. The number of hydrogen-bond acceptors (Lipinski definition) is 3. The lowest BCUT2D eigenvalue weighted by molar-refractivity contribution is 0.102. The number of fused-ring (bicyclic) bond motifs is 1. The van der Waals surface area contributed by atoms with Crippen LogP contribution in [0.4, 0.5) is 5.69 Å². The van der Waals surface area contributed by atoms with Crippen molar-refractivity contribution in [3.8, 4) is 0 Å². The summed E-state index contributed by atoms with van der Waals surface area (Å²) in [6.07, 6.45) is 0. The predicted molar refractivity (Wildman–Crippen MR) is 114 cm³/mol. The average molecular weight is 377 g/mol. The van der Waals surface area contributed by atoms with Crippen LogP contribution < -0.4 is 10.9 Å². The van der Waals surface area contributed by atoms with Gasteiger partial charge in [0.15, 0.2) is 5.69 Å². The molecule has 0 aliphatic carbocycles. The summed E-state index contributed by atoms with van der Waals surface area (Å²) in [6, 6.07) is 14.9. The largest absolute Gasteiger partial charge is 0.321 e. The molecule has 5 heteroatoms. The highest BCUT2D eigenvalue weighted by atomic mass is 16.2. The van der Waals surface area contributed by atoms with Crippen LogP contribution in [0.25, 0.3) is 10.8 Å². The normalized spacial score (nSPS) is 11.8. The highest BCUT2D eigenvalue weighted by Gasteiger charge is 2.18. The van der Waals surface area contributed by atoms with Gasteiger partial charge in [0.25, 0.3) is 11.5 Å². The topological polar surface area (TPSA) is 64.0 Å². The van der Waals surface area contributed by atoms with E-state index in [4.69, 9.17) is 0 Å². The van der Waals surface area contributed by atoms with Gasteiger partial charge in [-0.25, -0.2) is 4.68 Å². The number of nitrogens with zero attached hydrogens (tertiary/aromatic N) is 2. The van der Waals surface area contributed by atoms with Crippen LogP contribution in [-0.2, 0) is 12.0 Å². The first-order valence-electron chi connectivity index (χ1n) is 9.58. The third kappa shape index (κ3) is 4.14. The van der Waals surface area contributed by atoms with Gasteiger partial charge in [0.2, 0.25) is 0 Å². The van der Waals surface area contributed by atoms with Crippen LogP contribution in [0.2, 0.25) is 0 Å². The van der Waals surface area contributed by atoms with Crippen molar-refractivity contribution < 1.29 is 4.79 Å². The monoisotopic (exact) mass is 377 g/mol. The number of amides is 1. The van der Waals surface area contributed by atoms with Crippen LogP contribution in [0.15, 0.2) is 53.3 Å². The van der Waals surface area contributed by atoms with Crippen molar-refractivity contribution in [2.45, 2.75) is 46.6 Å². The van der Waals surface area contributed by atoms with Crippen molar-refractivity contribution >= 4 is 22.4 Å². The van der Waals surface area contributed by atoms with Crippen molar-refractivity contribution in [2.75, 3.05) is 5.32 Å². The number of hydrogen-bond donors (Lipinski definition) is 1. The van der Waals surface area contributed by atoms with Crippen molar-refractivity contribution in [1.82, 2.24) is 9.78 Å². The van der Waals surface area contributed by atoms with Gasteiger partial charge in [0, 0.05) is 17.6 Å². The number of aromatic nitrogens is 2. The van der Waals surface area contributed by atoms with E-state index in [-0.39, 0.29) is 28.5 Å². The molecule has 0 unspecified atom stereocenters. The molecule has 0 atom stereocenters. The molecule has 0 bridgehead atoms. The predicted octanol–water partition coefficient (Wildman–Crippen LogP) is 4.60. The van der Waals surface area contributed by atoms with E-state index in [1.807, 2.05) is 44.2 Å². The molecule has 1 heterocycles. The minimum atomic E-state index is -0.322. The summed E-state index contributed by atoms with van der Waals surface area (Å²) in [7, 11) is 0. The van der Waals surface area contributed by atoms with Crippen LogP contribution >= 0.6 is 0 Å². The molecule has 1 amide bonds. The van der Waals surface area contributed by atoms with Gasteiger partial charge < -0.3 is 5.32 Å². The number of rotatable bonds is 4. The van der Waals surface area contributed by atoms with Gasteiger partial charge in [0.05, 0.1) is 5.39 Å². The maximum atomic E-state index is 13.0. The summed E-state index contributed by atoms with van der Waals surface area (Å²) in [6.45, 7) is 10.9. The maximum absolute atomic E-state index is 13.0. The molecular formula is C23H27N3O2. The molecule has 146 valence electrons. The number of carbonyl (C=O) groups is 1. The highest BCUT2D eigenvalue weighted by Crippen LogP contribution is 2.24. The molecule has 0 aliphatic heterocycles. The zero-order chi connectivity index (χ0) is 20.5. The highest BCUT2D eigenvalue weighted by molar-refractivity contribution is 6.11. The Bertz CT molecular complexity index is 1060. The molecule has 0 spiro atoms. The first-order chi connectivity index (χ1) is 13.2. The molecule has 0 aliphatic rings. The molecule has 1 N–H and O–H groups in total. The average Bonchev–Trinajstić information content (AvgIpc) is 2.63. The summed E-state index contributed by atoms with van der Waals surface area (Å²) in [5.41, 5.74) is 2.03. The van der Waals surface area contributed by atoms with E-state index in [9.17, 15) is 9.59 Å². The van der Waals surface area contributed by atoms with Crippen LogP contribution in [0, 0.1) is 5.92 Å². The Hall–Kier alpha value is -2.95. The molecule has 3 aromatic rings. The third-order valence-electron chi connectivity index (χ3n) is 4.63. The zero-order valence-electron chi connectivity index (χ0n) is 17.1. The van der Waals surface area contributed by atoms with E-state index in [2.05, 4.69) is 31.2 Å². The lowest BCUT2D eigenvalue weighted by Crippen LogP contribution is -2.29. The van der Waals surface area contributed by atoms with E-state index in [0.717, 1.165) is 0 Å². The van der Waals surface area contributed by atoms with E-state index in [1.54, 1.807) is 18.2 Å². The van der Waals surface area contributed by atoms with E-state index in [1.165, 1.54) is 10.2 Å². The van der Waals surface area contributed by atoms with Gasteiger partial charge in [-0.05, 0) is 35.1 Å². The molecule has 5 nitrogen and oxygen atoms in total. The smallest absolute Gasteiger partial charge is 0.276 e. The Morgan fingerprint density at radius 2 is 1.64 bits per heavy atom. The Morgan fingerprint density at radius 3 is 2.21 bits per heavy atom. The molecule has 28 heavy (non-hydrogen) atoms. The van der Waals surface area contributed by atoms with Gasteiger partial charge in [-0.2, -0.15) is 5.10 Å². The first kappa shape index (κ1) is 19.8. The lowest BCUT2D eigenvalue weighted by Gasteiger charge is -2.19. The number of nitrogens with one attached hydrogen (secondary N) is 1. The third-order valence-corrected chi connectivity index (χ3v) is 4.63. The van der Waals surface area contributed by atoms with Crippen molar-refractivity contribution in [2.24, 2.45) is 5.92 Å². The van der Waals surface area contributed by atoms with Crippen LogP contribution in [0.1, 0.15) is 50.7 Å². The Balaban J connectivity index is 1.99. The SMILES string of the molecule is CC(C)Cn1nc(C(=O)Nc2ccc(C(C)(C)C)cc2)c2ccccc2c1=O. The second-order valence-electron chi connectivity index (χ2n) is 8.56. The quantitative estimate of drug-likeness (QED) is 0.722. The fourth-order valence-electron chi connectivity index (χ4n) is 3.12. The summed E-state index contributed by atoms with van der Waals surface area (Å²) < 4.78 is 1.39. The molecule has 0 fully saturated rings. The van der Waals surface area contributed by atoms with Crippen molar-refractivity contribution in [3.63, 3.8) is 0 Å². The Morgan fingerprint density at radius 1 is 1.04 bits per heavy atom. The Kier molecular flexibility index (Phi) is 5.36. The Labute approximate surface area is 165 Å². The fourth-order valence-corrected chi connectivity index (χ4v) is 3.12. The second kappa shape index (κ2) is 7.58. The van der Waals surface area contributed by atoms with Crippen LogP contribution in [0.3, 0.4) is 0 Å². The van der Waals surface area contributed by atoms with Crippen molar-refractivity contribution in [3.05, 3.63) is 70.1 Å². The summed E-state index contributed by atoms with van der Waals surface area (Å²) in [5.74, 6) is -0.0792. The molecule has 2 aromatic carbocycles. The summed E-state index contributed by atoms with van der Waals surface area (Å²) in [5, 5.41) is 8.37. The number of benzene rings is 2. The molecule has 0 radical (unpaired) electrons. The standard InChI is InChI=1S/C23H27N3O2/c1-15(2)14-26-22(28)19-9-7-6-8-18(19)20(25-26)21(27)24-17-12-10-16(11-13-17)23(3,4)5/h6-13,15H,14H2,1-5H3,(H,24,27). The lowest BCUT2D eigenvalue weighted by atomic mass is 9.87. The van der Waals surface area contributed by atoms with Gasteiger partial charge in [-0.3, -0.25) is 9.59 Å². The van der Waals surface area contributed by atoms with Crippen molar-refractivity contribution in [1.29, 1.82) is 0 Å². The van der Waals surface area contributed by atoms with Gasteiger partial charge in [-0.1, -0.05) is 65.0 Å². The first-order valence-corrected chi connectivity index (χ1v) is 9.58. The second-order valence-corrected chi connectivity index (χ2v) is 8.56. The van der Waals surface area contributed by atoms with E-state index >= 15 is 0 Å². The molecule has 3 rings (SSSR count). The number of anilines is 1. The number of carbonyl (C=O) groups excluding carboxylic acids is 1. The molecular weight excluding hydrogens is 350 g/mol. The minimum Gasteiger partial charge on any atom is -0.321 e. The minimum absolute atomic E-state index is 0.0483. The molecule has 0 saturated heterocycles. The fraction of sp³-hybridized carbons (Fsp3) is 0.348. The van der Waals surface area contributed by atoms with E-state index in [0.29, 0.717) is 23.0 Å². The van der Waals surface area contributed by atoms with Gasteiger partial charge >= 0.3 is 0 Å². The van der Waals surface area contributed by atoms with Crippen LogP contribution in [0.5, 0.6) is 0 Å². The van der Waals surface area contributed by atoms with E-state index < -0.39 is 0 Å². The molecule has 0 saturated carbocycles. The zero-order valence-corrected chi connectivity index (χ0v) is 17.1. The van der Waals surface area contributed by atoms with Gasteiger partial charge in [-0.15, -0.1) is 0 Å². The summed E-state index contributed by atoms with van der Waals surface area (Å²) in [4.78, 5) is 25.7. The van der Waals surface area contributed by atoms with Crippen LogP contribution in [-0.4, -0.2) is 15.7 Å².